The average molecular weight is 404 g/mol. The maximum absolute atomic E-state index is 13.3. The normalized spacial score (nSPS) is 12.4. The molecule has 0 radical (unpaired) electrons. The lowest BCUT2D eigenvalue weighted by Gasteiger charge is -2.27. The molecule has 1 heterocycles. The van der Waals surface area contributed by atoms with Crippen LogP contribution in [0.3, 0.4) is 0 Å². The number of aryl methyl sites for hydroxylation is 1. The van der Waals surface area contributed by atoms with Crippen molar-refractivity contribution >= 4 is 40.0 Å². The standard InChI is InChI=1S/C20H19Cl2N3O2/c1-12-7-6-8-14(11-12)25-18(13(2)24(3)20(27)17(21)22)23-16-10-5-4-9-15(16)19(25)26/h4-11,13,17H,1-3H3/t13-/m0/s1. The van der Waals surface area contributed by atoms with Gasteiger partial charge in [0.2, 0.25) is 0 Å². The fraction of sp³-hybridized carbons (Fsp3) is 0.250. The third-order valence-corrected chi connectivity index (χ3v) is 4.92. The maximum Gasteiger partial charge on any atom is 0.266 e. The Kier molecular flexibility index (Phi) is 5.53. The second kappa shape index (κ2) is 7.71. The van der Waals surface area contributed by atoms with E-state index >= 15 is 0 Å². The predicted octanol–water partition coefficient (Wildman–Crippen LogP) is 4.02. The van der Waals surface area contributed by atoms with Gasteiger partial charge >= 0.3 is 0 Å². The molecule has 0 N–H and O–H groups in total. The number of carbonyl (C=O) groups excluding carboxylic acids is 1. The Balaban J connectivity index is 2.29. The van der Waals surface area contributed by atoms with Crippen molar-refractivity contribution in [2.75, 3.05) is 7.05 Å². The molecule has 0 aliphatic heterocycles. The number of hydrogen-bond acceptors (Lipinski definition) is 3. The van der Waals surface area contributed by atoms with E-state index in [1.54, 1.807) is 36.7 Å². The van der Waals surface area contributed by atoms with Crippen molar-refractivity contribution in [1.82, 2.24) is 14.5 Å². The molecule has 0 saturated carbocycles. The van der Waals surface area contributed by atoms with Crippen LogP contribution in [-0.4, -0.2) is 32.2 Å². The Bertz CT molecular complexity index is 1060. The first-order valence-corrected chi connectivity index (χ1v) is 9.32. The van der Waals surface area contributed by atoms with Crippen LogP contribution in [0, 0.1) is 6.92 Å². The van der Waals surface area contributed by atoms with Gasteiger partial charge in [0.1, 0.15) is 5.82 Å². The summed E-state index contributed by atoms with van der Waals surface area (Å²) in [6.45, 7) is 3.74. The van der Waals surface area contributed by atoms with Crippen LogP contribution in [0.2, 0.25) is 0 Å². The molecule has 1 aromatic heterocycles. The Labute approximate surface area is 167 Å². The summed E-state index contributed by atoms with van der Waals surface area (Å²) < 4.78 is 1.54. The fourth-order valence-corrected chi connectivity index (χ4v) is 3.27. The third kappa shape index (κ3) is 3.70. The number of aromatic nitrogens is 2. The molecule has 0 spiro atoms. The molecule has 1 amide bonds. The summed E-state index contributed by atoms with van der Waals surface area (Å²) in [6, 6.07) is 14.2. The number of nitrogens with zero attached hydrogens (tertiary/aromatic N) is 3. The van der Waals surface area contributed by atoms with Crippen LogP contribution in [0.15, 0.2) is 53.3 Å². The minimum absolute atomic E-state index is 0.192. The monoisotopic (exact) mass is 403 g/mol. The lowest BCUT2D eigenvalue weighted by Crippen LogP contribution is -2.37. The molecule has 0 saturated heterocycles. The molecule has 27 heavy (non-hydrogen) atoms. The number of rotatable bonds is 4. The van der Waals surface area contributed by atoms with Gasteiger partial charge in [0.25, 0.3) is 11.5 Å². The number of carbonyl (C=O) groups is 1. The van der Waals surface area contributed by atoms with Crippen LogP contribution in [-0.2, 0) is 4.79 Å². The molecular formula is C20H19Cl2N3O2. The van der Waals surface area contributed by atoms with E-state index in [0.717, 1.165) is 5.56 Å². The Morgan fingerprint density at radius 1 is 1.15 bits per heavy atom. The van der Waals surface area contributed by atoms with Gasteiger partial charge in [0.15, 0.2) is 4.84 Å². The van der Waals surface area contributed by atoms with Gasteiger partial charge in [0.05, 0.1) is 22.6 Å². The number of alkyl halides is 2. The predicted molar refractivity (Wildman–Crippen MR) is 109 cm³/mol. The van der Waals surface area contributed by atoms with Gasteiger partial charge in [-0.15, -0.1) is 0 Å². The molecule has 2 aromatic carbocycles. The van der Waals surface area contributed by atoms with Crippen LogP contribution in [0.25, 0.3) is 16.6 Å². The van der Waals surface area contributed by atoms with E-state index in [2.05, 4.69) is 4.98 Å². The number of hydrogen-bond donors (Lipinski definition) is 0. The highest BCUT2D eigenvalue weighted by atomic mass is 35.5. The number of halogens is 2. The molecule has 7 heteroatoms. The summed E-state index contributed by atoms with van der Waals surface area (Å²) >= 11 is 11.5. The zero-order valence-electron chi connectivity index (χ0n) is 15.2. The molecule has 0 fully saturated rings. The van der Waals surface area contributed by atoms with Gasteiger partial charge in [-0.25, -0.2) is 4.98 Å². The summed E-state index contributed by atoms with van der Waals surface area (Å²) in [7, 11) is 1.59. The molecule has 0 aliphatic rings. The van der Waals surface area contributed by atoms with E-state index in [1.807, 2.05) is 37.3 Å². The highest BCUT2D eigenvalue weighted by molar-refractivity contribution is 6.53. The summed E-state index contributed by atoms with van der Waals surface area (Å²) in [5, 5.41) is 0.511. The van der Waals surface area contributed by atoms with Crippen molar-refractivity contribution in [3.05, 3.63) is 70.3 Å². The summed E-state index contributed by atoms with van der Waals surface area (Å²) in [4.78, 5) is 30.4. The van der Waals surface area contributed by atoms with Gasteiger partial charge in [-0.1, -0.05) is 47.5 Å². The van der Waals surface area contributed by atoms with E-state index in [4.69, 9.17) is 23.2 Å². The van der Waals surface area contributed by atoms with Crippen molar-refractivity contribution in [3.63, 3.8) is 0 Å². The number of fused-ring (bicyclic) bond motifs is 1. The van der Waals surface area contributed by atoms with Crippen LogP contribution in [0.5, 0.6) is 0 Å². The quantitative estimate of drug-likeness (QED) is 0.618. The zero-order valence-corrected chi connectivity index (χ0v) is 16.7. The van der Waals surface area contributed by atoms with E-state index in [1.165, 1.54) is 4.90 Å². The minimum atomic E-state index is -1.18. The second-order valence-corrected chi connectivity index (χ2v) is 7.49. The fourth-order valence-electron chi connectivity index (χ4n) is 2.96. The molecule has 140 valence electrons. The topological polar surface area (TPSA) is 55.2 Å². The van der Waals surface area contributed by atoms with Crippen LogP contribution in [0.4, 0.5) is 0 Å². The van der Waals surface area contributed by atoms with Gasteiger partial charge in [-0.3, -0.25) is 14.2 Å². The van der Waals surface area contributed by atoms with Crippen molar-refractivity contribution < 1.29 is 4.79 Å². The molecule has 3 aromatic rings. The Morgan fingerprint density at radius 3 is 2.52 bits per heavy atom. The van der Waals surface area contributed by atoms with Crippen molar-refractivity contribution in [2.45, 2.75) is 24.7 Å². The number of para-hydroxylation sites is 1. The molecule has 0 unspecified atom stereocenters. The van der Waals surface area contributed by atoms with E-state index < -0.39 is 16.8 Å². The lowest BCUT2D eigenvalue weighted by molar-refractivity contribution is -0.130. The van der Waals surface area contributed by atoms with E-state index in [0.29, 0.717) is 22.4 Å². The van der Waals surface area contributed by atoms with Gasteiger partial charge in [0, 0.05) is 7.05 Å². The van der Waals surface area contributed by atoms with Crippen molar-refractivity contribution in [2.24, 2.45) is 0 Å². The first-order valence-electron chi connectivity index (χ1n) is 8.45. The highest BCUT2D eigenvalue weighted by Gasteiger charge is 2.26. The largest absolute Gasteiger partial charge is 0.333 e. The second-order valence-electron chi connectivity index (χ2n) is 6.39. The average Bonchev–Trinajstić information content (AvgIpc) is 2.66. The molecule has 3 rings (SSSR count). The lowest BCUT2D eigenvalue weighted by atomic mass is 10.1. The zero-order chi connectivity index (χ0) is 19.7. The third-order valence-electron chi connectivity index (χ3n) is 4.55. The maximum atomic E-state index is 13.3. The first-order chi connectivity index (χ1) is 12.8. The molecule has 0 aliphatic carbocycles. The van der Waals surface area contributed by atoms with E-state index in [9.17, 15) is 9.59 Å². The van der Waals surface area contributed by atoms with Crippen molar-refractivity contribution in [3.8, 4) is 5.69 Å². The van der Waals surface area contributed by atoms with Crippen molar-refractivity contribution in [1.29, 1.82) is 0 Å². The summed E-state index contributed by atoms with van der Waals surface area (Å²) in [5.74, 6) is -0.0156. The first kappa shape index (κ1) is 19.4. The summed E-state index contributed by atoms with van der Waals surface area (Å²) in [5.41, 5.74) is 2.08. The molecule has 1 atom stereocenters. The number of amides is 1. The van der Waals surface area contributed by atoms with Crippen LogP contribution < -0.4 is 5.56 Å². The highest BCUT2D eigenvalue weighted by Crippen LogP contribution is 2.23. The van der Waals surface area contributed by atoms with Gasteiger partial charge in [-0.2, -0.15) is 0 Å². The Morgan fingerprint density at radius 2 is 1.85 bits per heavy atom. The SMILES string of the molecule is Cc1cccc(-n2c([C@H](C)N(C)C(=O)C(Cl)Cl)nc3ccccc3c2=O)c1. The smallest absolute Gasteiger partial charge is 0.266 e. The van der Waals surface area contributed by atoms with Gasteiger partial charge < -0.3 is 4.90 Å². The van der Waals surface area contributed by atoms with E-state index in [-0.39, 0.29) is 5.56 Å². The summed E-state index contributed by atoms with van der Waals surface area (Å²) in [6.07, 6.45) is 0. The van der Waals surface area contributed by atoms with Gasteiger partial charge in [-0.05, 0) is 43.7 Å². The van der Waals surface area contributed by atoms with Crippen LogP contribution in [0.1, 0.15) is 24.4 Å². The molecule has 5 nitrogen and oxygen atoms in total. The van der Waals surface area contributed by atoms with Crippen LogP contribution >= 0.6 is 23.2 Å². The Hall–Kier alpha value is -2.37. The minimum Gasteiger partial charge on any atom is -0.333 e. The molecular weight excluding hydrogens is 385 g/mol. The number of benzene rings is 2. The molecule has 0 bridgehead atoms.